The van der Waals surface area contributed by atoms with E-state index in [-0.39, 0.29) is 5.92 Å². The van der Waals surface area contributed by atoms with Crippen LogP contribution in [0.1, 0.15) is 79.4 Å². The third kappa shape index (κ3) is 4.51. The number of aromatic nitrogens is 3. The van der Waals surface area contributed by atoms with Gasteiger partial charge in [0.2, 0.25) is 0 Å². The topological polar surface area (TPSA) is 89.2 Å². The van der Waals surface area contributed by atoms with Gasteiger partial charge in [-0.15, -0.1) is 0 Å². The third-order valence-corrected chi connectivity index (χ3v) is 7.68. The molecule has 3 unspecified atom stereocenters. The Bertz CT molecular complexity index is 1150. The van der Waals surface area contributed by atoms with Gasteiger partial charge in [-0.3, -0.25) is 9.69 Å². The number of primary amides is 1. The highest BCUT2D eigenvalue weighted by atomic mass is 16.5. The maximum atomic E-state index is 12.6. The maximum Gasteiger partial charge on any atom is 0.269 e. The first kappa shape index (κ1) is 23.1. The fraction of sp³-hybridized carbons (Fsp3) is 0.556. The second-order valence-electron chi connectivity index (χ2n) is 10.0. The van der Waals surface area contributed by atoms with Crippen molar-refractivity contribution in [2.75, 3.05) is 13.2 Å². The van der Waals surface area contributed by atoms with Crippen LogP contribution in [0.2, 0.25) is 0 Å². The van der Waals surface area contributed by atoms with E-state index in [1.165, 1.54) is 10.9 Å². The lowest BCUT2D eigenvalue weighted by Gasteiger charge is -2.39. The average molecular weight is 464 g/mol. The molecule has 1 saturated heterocycles. The summed E-state index contributed by atoms with van der Waals surface area (Å²) in [5.41, 5.74) is 9.85. The summed E-state index contributed by atoms with van der Waals surface area (Å²) >= 11 is 0. The predicted molar refractivity (Wildman–Crippen MR) is 134 cm³/mol. The first-order valence-electron chi connectivity index (χ1n) is 12.8. The number of unbranched alkanes of at least 4 members (excludes halogenated alkanes) is 1. The van der Waals surface area contributed by atoms with Gasteiger partial charge >= 0.3 is 0 Å². The van der Waals surface area contributed by atoms with E-state index in [1.54, 1.807) is 0 Å². The summed E-state index contributed by atoms with van der Waals surface area (Å²) in [6.45, 7) is 7.79. The number of ether oxygens (including phenoxy) is 1. The number of hydrogen-bond donors (Lipinski definition) is 2. The molecule has 3 aromatic rings. The third-order valence-electron chi connectivity index (χ3n) is 7.68. The molecule has 34 heavy (non-hydrogen) atoms. The molecule has 1 amide bonds. The minimum Gasteiger partial charge on any atom is -0.378 e. The number of imidazole rings is 1. The number of nitrogens with one attached hydrogen (secondary N) is 1. The highest BCUT2D eigenvalue weighted by Gasteiger charge is 2.33. The molecule has 7 heteroatoms. The Balaban J connectivity index is 1.47. The molecule has 0 radical (unpaired) electrons. The van der Waals surface area contributed by atoms with E-state index >= 15 is 0 Å². The zero-order valence-corrected chi connectivity index (χ0v) is 20.4. The Labute approximate surface area is 201 Å². The van der Waals surface area contributed by atoms with E-state index in [1.807, 2.05) is 0 Å². The molecular formula is C27H37N5O2. The van der Waals surface area contributed by atoms with Crippen molar-refractivity contribution in [3.63, 3.8) is 0 Å². The number of aromatic amines is 1. The van der Waals surface area contributed by atoms with E-state index in [2.05, 4.69) is 58.8 Å². The molecule has 3 atom stereocenters. The summed E-state index contributed by atoms with van der Waals surface area (Å²) in [5.74, 6) is 0.774. The standard InChI is InChI=1S/C27H37N5O2/c1-3-4-7-19(15-20-16-29-23-9-6-5-8-22(20)23)26-25(27(28)33)30-24-17-31(11-12-32(24)26)21-10-13-34-18(2)14-21/h5-6,8-9,16,18-19,21,29H,3-4,7,10-15,17H2,1-2H3,(H2,28,33). The Morgan fingerprint density at radius 1 is 1.32 bits per heavy atom. The molecule has 1 aromatic carbocycles. The Hall–Kier alpha value is -2.64. The minimum atomic E-state index is -0.413. The van der Waals surface area contributed by atoms with Crippen LogP contribution in [0.15, 0.2) is 30.5 Å². The van der Waals surface area contributed by atoms with Gasteiger partial charge in [-0.05, 0) is 44.2 Å². The van der Waals surface area contributed by atoms with Gasteiger partial charge in [-0.1, -0.05) is 38.0 Å². The van der Waals surface area contributed by atoms with Crippen molar-refractivity contribution < 1.29 is 9.53 Å². The molecule has 5 rings (SSSR count). The molecular weight excluding hydrogens is 426 g/mol. The maximum absolute atomic E-state index is 12.6. The van der Waals surface area contributed by atoms with E-state index < -0.39 is 5.91 Å². The number of benzene rings is 1. The number of carbonyl (C=O) groups excluding carboxylic acids is 1. The summed E-state index contributed by atoms with van der Waals surface area (Å²) in [7, 11) is 0. The van der Waals surface area contributed by atoms with Gasteiger partial charge in [-0.2, -0.15) is 0 Å². The van der Waals surface area contributed by atoms with Crippen LogP contribution >= 0.6 is 0 Å². The highest BCUT2D eigenvalue weighted by molar-refractivity contribution is 5.92. The van der Waals surface area contributed by atoms with Gasteiger partial charge in [0.25, 0.3) is 5.91 Å². The van der Waals surface area contributed by atoms with Crippen LogP contribution in [0, 0.1) is 0 Å². The van der Waals surface area contributed by atoms with Crippen molar-refractivity contribution in [3.05, 3.63) is 53.2 Å². The normalized spacial score (nSPS) is 22.1. The van der Waals surface area contributed by atoms with E-state index in [0.29, 0.717) is 17.8 Å². The number of nitrogens with zero attached hydrogens (tertiary/aromatic N) is 3. The van der Waals surface area contributed by atoms with Crippen molar-refractivity contribution in [1.82, 2.24) is 19.4 Å². The van der Waals surface area contributed by atoms with Crippen molar-refractivity contribution in [2.24, 2.45) is 5.73 Å². The number of para-hydroxylation sites is 1. The van der Waals surface area contributed by atoms with Crippen LogP contribution in [-0.4, -0.2) is 50.6 Å². The van der Waals surface area contributed by atoms with E-state index in [0.717, 1.165) is 81.8 Å². The van der Waals surface area contributed by atoms with Crippen molar-refractivity contribution >= 4 is 16.8 Å². The lowest BCUT2D eigenvalue weighted by atomic mass is 9.89. The van der Waals surface area contributed by atoms with Gasteiger partial charge in [0, 0.05) is 48.8 Å². The fourth-order valence-electron chi connectivity index (χ4n) is 5.94. The van der Waals surface area contributed by atoms with Gasteiger partial charge in [-0.25, -0.2) is 4.98 Å². The Morgan fingerprint density at radius 2 is 2.18 bits per heavy atom. The number of carbonyl (C=O) groups is 1. The number of H-pyrrole nitrogens is 1. The average Bonchev–Trinajstić information content (AvgIpc) is 3.43. The monoisotopic (exact) mass is 463 g/mol. The van der Waals surface area contributed by atoms with E-state index in [9.17, 15) is 4.79 Å². The van der Waals surface area contributed by atoms with Crippen molar-refractivity contribution in [3.8, 4) is 0 Å². The molecule has 2 aliphatic heterocycles. The Kier molecular flexibility index (Phi) is 6.75. The predicted octanol–water partition coefficient (Wildman–Crippen LogP) is 4.36. The molecule has 7 nitrogen and oxygen atoms in total. The van der Waals surface area contributed by atoms with Crippen LogP contribution in [0.4, 0.5) is 0 Å². The van der Waals surface area contributed by atoms with Crippen molar-refractivity contribution in [2.45, 2.75) is 83.5 Å². The number of rotatable bonds is 8. The van der Waals surface area contributed by atoms with Gasteiger partial charge in [0.15, 0.2) is 0 Å². The lowest BCUT2D eigenvalue weighted by Crippen LogP contribution is -2.45. The van der Waals surface area contributed by atoms with Crippen molar-refractivity contribution in [1.29, 1.82) is 0 Å². The smallest absolute Gasteiger partial charge is 0.269 e. The Morgan fingerprint density at radius 3 is 2.97 bits per heavy atom. The van der Waals surface area contributed by atoms with Crippen LogP contribution in [-0.2, 0) is 24.2 Å². The van der Waals surface area contributed by atoms with Gasteiger partial charge < -0.3 is 20.0 Å². The molecule has 0 saturated carbocycles. The molecule has 2 aliphatic rings. The molecule has 0 spiro atoms. The molecule has 182 valence electrons. The SMILES string of the molecule is CCCCC(Cc1c[nH]c2ccccc12)c1c(C(N)=O)nc2n1CCN(C1CCOC(C)C1)C2. The molecule has 1 fully saturated rings. The fourth-order valence-corrected chi connectivity index (χ4v) is 5.94. The second-order valence-corrected chi connectivity index (χ2v) is 10.0. The number of amides is 1. The lowest BCUT2D eigenvalue weighted by molar-refractivity contribution is -0.0239. The van der Waals surface area contributed by atoms with Crippen LogP contribution < -0.4 is 5.73 Å². The number of nitrogens with two attached hydrogens (primary N) is 1. The summed E-state index contributed by atoms with van der Waals surface area (Å²) in [5, 5.41) is 1.25. The first-order chi connectivity index (χ1) is 16.5. The molecule has 0 aliphatic carbocycles. The van der Waals surface area contributed by atoms with E-state index in [4.69, 9.17) is 15.5 Å². The number of hydrogen-bond acceptors (Lipinski definition) is 4. The second kappa shape index (κ2) is 9.92. The number of fused-ring (bicyclic) bond motifs is 2. The molecule has 0 bridgehead atoms. The summed E-state index contributed by atoms with van der Waals surface area (Å²) in [6, 6.07) is 8.94. The van der Waals surface area contributed by atoms with Gasteiger partial charge in [0.05, 0.1) is 18.3 Å². The summed E-state index contributed by atoms with van der Waals surface area (Å²) in [4.78, 5) is 23.3. The quantitative estimate of drug-likeness (QED) is 0.519. The van der Waals surface area contributed by atoms with Crippen LogP contribution in [0.25, 0.3) is 10.9 Å². The summed E-state index contributed by atoms with van der Waals surface area (Å²) < 4.78 is 8.08. The zero-order valence-electron chi connectivity index (χ0n) is 20.4. The molecule has 2 aromatic heterocycles. The van der Waals surface area contributed by atoms with Gasteiger partial charge in [0.1, 0.15) is 11.5 Å². The molecule has 3 N–H and O–H groups in total. The van der Waals surface area contributed by atoms with Crippen LogP contribution in [0.3, 0.4) is 0 Å². The summed E-state index contributed by atoms with van der Waals surface area (Å²) in [6.07, 6.45) is 8.64. The molecule has 4 heterocycles. The minimum absolute atomic E-state index is 0.206. The highest BCUT2D eigenvalue weighted by Crippen LogP contribution is 2.34. The first-order valence-corrected chi connectivity index (χ1v) is 12.8. The zero-order chi connectivity index (χ0) is 23.7. The largest absolute Gasteiger partial charge is 0.378 e. The van der Waals surface area contributed by atoms with Crippen LogP contribution in [0.5, 0.6) is 0 Å².